The highest BCUT2D eigenvalue weighted by Gasteiger charge is 2.00. The minimum atomic E-state index is -0.362. The Morgan fingerprint density at radius 1 is 1.67 bits per heavy atom. The smallest absolute Gasteiger partial charge is 0.331 e. The maximum Gasteiger partial charge on any atom is 0.331 e. The van der Waals surface area contributed by atoms with Gasteiger partial charge in [-0.1, -0.05) is 25.3 Å². The Balaban J connectivity index is 3.99. The molecule has 0 heterocycles. The molecule has 66 valence electrons. The van der Waals surface area contributed by atoms with Crippen LogP contribution >= 0.6 is 0 Å². The summed E-state index contributed by atoms with van der Waals surface area (Å²) >= 11 is 0. The van der Waals surface area contributed by atoms with Crippen LogP contribution in [0.15, 0.2) is 11.6 Å². The first-order valence-corrected chi connectivity index (χ1v) is 3.86. The largest absolute Gasteiger partial charge is 0.449 e. The molecule has 0 radical (unpaired) electrons. The van der Waals surface area contributed by atoms with Crippen molar-refractivity contribution < 1.29 is 9.53 Å². The highest BCUT2D eigenvalue weighted by atomic mass is 16.5. The van der Waals surface area contributed by atoms with Crippen LogP contribution < -0.4 is 0 Å². The number of carbonyl (C=O) groups is 1. The zero-order valence-electron chi connectivity index (χ0n) is 7.76. The Labute approximate surface area is 73.6 Å². The van der Waals surface area contributed by atoms with Crippen LogP contribution in [0.4, 0.5) is 0 Å². The van der Waals surface area contributed by atoms with Gasteiger partial charge < -0.3 is 4.74 Å². The van der Waals surface area contributed by atoms with Crippen molar-refractivity contribution >= 4 is 5.97 Å². The van der Waals surface area contributed by atoms with Crippen molar-refractivity contribution in [2.24, 2.45) is 5.92 Å². The van der Waals surface area contributed by atoms with E-state index in [1.54, 1.807) is 0 Å². The molecule has 0 bridgehead atoms. The zero-order chi connectivity index (χ0) is 9.56. The van der Waals surface area contributed by atoms with Crippen LogP contribution in [0.25, 0.3) is 0 Å². The third-order valence-corrected chi connectivity index (χ3v) is 1.55. The second kappa shape index (κ2) is 5.42. The molecule has 2 nitrogen and oxygen atoms in total. The van der Waals surface area contributed by atoms with Gasteiger partial charge in [-0.3, -0.25) is 0 Å². The van der Waals surface area contributed by atoms with Gasteiger partial charge in [0.05, 0.1) is 0 Å². The highest BCUT2D eigenvalue weighted by Crippen LogP contribution is 2.07. The van der Waals surface area contributed by atoms with Crippen LogP contribution in [0.5, 0.6) is 0 Å². The SMILES string of the molecule is C#CCOC(=O)/C=C(\C)C(C)C. The fourth-order valence-corrected chi connectivity index (χ4v) is 0.507. The summed E-state index contributed by atoms with van der Waals surface area (Å²) in [5, 5.41) is 0. The average molecular weight is 166 g/mol. The van der Waals surface area contributed by atoms with Gasteiger partial charge in [-0.25, -0.2) is 4.79 Å². The second-order valence-electron chi connectivity index (χ2n) is 2.85. The second-order valence-corrected chi connectivity index (χ2v) is 2.85. The van der Waals surface area contributed by atoms with E-state index in [9.17, 15) is 4.79 Å². The summed E-state index contributed by atoms with van der Waals surface area (Å²) < 4.78 is 4.66. The van der Waals surface area contributed by atoms with Crippen LogP contribution in [0.3, 0.4) is 0 Å². The van der Waals surface area contributed by atoms with Crippen LogP contribution in [0.1, 0.15) is 20.8 Å². The van der Waals surface area contributed by atoms with Gasteiger partial charge >= 0.3 is 5.97 Å². The Bertz CT molecular complexity index is 218. The van der Waals surface area contributed by atoms with Crippen molar-refractivity contribution in [3.8, 4) is 12.3 Å². The molecule has 0 saturated carbocycles. The van der Waals surface area contributed by atoms with Crippen molar-refractivity contribution in [3.63, 3.8) is 0 Å². The van der Waals surface area contributed by atoms with Crippen molar-refractivity contribution in [1.29, 1.82) is 0 Å². The lowest BCUT2D eigenvalue weighted by atomic mass is 10.1. The van der Waals surface area contributed by atoms with Crippen LogP contribution in [0, 0.1) is 18.3 Å². The lowest BCUT2D eigenvalue weighted by Crippen LogP contribution is -2.03. The first-order chi connectivity index (χ1) is 5.57. The monoisotopic (exact) mass is 166 g/mol. The van der Waals surface area contributed by atoms with E-state index in [4.69, 9.17) is 6.42 Å². The van der Waals surface area contributed by atoms with Crippen LogP contribution in [-0.2, 0) is 9.53 Å². The summed E-state index contributed by atoms with van der Waals surface area (Å²) in [6.07, 6.45) is 6.39. The highest BCUT2D eigenvalue weighted by molar-refractivity contribution is 5.82. The number of esters is 1. The minimum absolute atomic E-state index is 0.0424. The van der Waals surface area contributed by atoms with Crippen LogP contribution in [-0.4, -0.2) is 12.6 Å². The molecule has 2 heteroatoms. The number of ether oxygens (including phenoxy) is 1. The Kier molecular flexibility index (Phi) is 4.87. The first-order valence-electron chi connectivity index (χ1n) is 3.86. The number of rotatable bonds is 3. The molecule has 0 fully saturated rings. The molecule has 0 aliphatic rings. The fraction of sp³-hybridized carbons (Fsp3) is 0.500. The summed E-state index contributed by atoms with van der Waals surface area (Å²) in [6, 6.07) is 0. The number of carbonyl (C=O) groups excluding carboxylic acids is 1. The molecule has 0 aliphatic heterocycles. The summed E-state index contributed by atoms with van der Waals surface area (Å²) in [5.74, 6) is 2.23. The molecule has 12 heavy (non-hydrogen) atoms. The van der Waals surface area contributed by atoms with Crippen molar-refractivity contribution in [3.05, 3.63) is 11.6 Å². The van der Waals surface area contributed by atoms with E-state index >= 15 is 0 Å². The van der Waals surface area contributed by atoms with E-state index < -0.39 is 0 Å². The number of hydrogen-bond acceptors (Lipinski definition) is 2. The third kappa shape index (κ3) is 4.56. The summed E-state index contributed by atoms with van der Waals surface area (Å²) in [4.78, 5) is 10.9. The predicted molar refractivity (Wildman–Crippen MR) is 48.4 cm³/mol. The van der Waals surface area contributed by atoms with Gasteiger partial charge in [0, 0.05) is 6.08 Å². The predicted octanol–water partition coefficient (Wildman–Crippen LogP) is 1.77. The molecule has 0 amide bonds. The molecule has 0 aromatic carbocycles. The molecular formula is C10H14O2. The molecule has 0 unspecified atom stereocenters. The molecule has 0 aromatic heterocycles. The fourth-order valence-electron chi connectivity index (χ4n) is 0.507. The minimum Gasteiger partial charge on any atom is -0.449 e. The molecular weight excluding hydrogens is 152 g/mol. The van der Waals surface area contributed by atoms with Crippen molar-refractivity contribution in [2.45, 2.75) is 20.8 Å². The van der Waals surface area contributed by atoms with E-state index in [1.165, 1.54) is 6.08 Å². The van der Waals surface area contributed by atoms with E-state index in [0.29, 0.717) is 5.92 Å². The van der Waals surface area contributed by atoms with E-state index in [0.717, 1.165) is 5.57 Å². The summed E-state index contributed by atoms with van der Waals surface area (Å²) in [7, 11) is 0. The molecule has 0 N–H and O–H groups in total. The molecule has 0 spiro atoms. The summed E-state index contributed by atoms with van der Waals surface area (Å²) in [6.45, 7) is 5.96. The Hall–Kier alpha value is -1.23. The van der Waals surface area contributed by atoms with Gasteiger partial charge in [0.15, 0.2) is 6.61 Å². The Morgan fingerprint density at radius 2 is 2.25 bits per heavy atom. The Morgan fingerprint density at radius 3 is 2.67 bits per heavy atom. The van der Waals surface area contributed by atoms with Gasteiger partial charge in [-0.15, -0.1) is 6.42 Å². The van der Waals surface area contributed by atoms with Crippen molar-refractivity contribution in [2.75, 3.05) is 6.61 Å². The van der Waals surface area contributed by atoms with Gasteiger partial charge in [-0.2, -0.15) is 0 Å². The maximum atomic E-state index is 10.9. The lowest BCUT2D eigenvalue weighted by Gasteiger charge is -2.03. The lowest BCUT2D eigenvalue weighted by molar-refractivity contribution is -0.136. The zero-order valence-corrected chi connectivity index (χ0v) is 7.76. The van der Waals surface area contributed by atoms with Crippen LogP contribution in [0.2, 0.25) is 0 Å². The summed E-state index contributed by atoms with van der Waals surface area (Å²) in [5.41, 5.74) is 0.997. The molecule has 0 saturated heterocycles. The first kappa shape index (κ1) is 10.8. The molecule has 0 aromatic rings. The van der Waals surface area contributed by atoms with Gasteiger partial charge in [-0.05, 0) is 12.8 Å². The van der Waals surface area contributed by atoms with E-state index in [1.807, 2.05) is 20.8 Å². The average Bonchev–Trinajstić information content (AvgIpc) is 2.00. The van der Waals surface area contributed by atoms with Crippen molar-refractivity contribution in [1.82, 2.24) is 0 Å². The number of terminal acetylenes is 1. The molecule has 0 atom stereocenters. The molecule has 0 aliphatic carbocycles. The molecule has 0 rings (SSSR count). The third-order valence-electron chi connectivity index (χ3n) is 1.55. The number of hydrogen-bond donors (Lipinski definition) is 0. The normalized spacial score (nSPS) is 11.1. The van der Waals surface area contributed by atoms with Gasteiger partial charge in [0.2, 0.25) is 0 Å². The van der Waals surface area contributed by atoms with Gasteiger partial charge in [0.1, 0.15) is 0 Å². The van der Waals surface area contributed by atoms with E-state index in [2.05, 4.69) is 10.7 Å². The van der Waals surface area contributed by atoms with E-state index in [-0.39, 0.29) is 12.6 Å². The quantitative estimate of drug-likeness (QED) is 0.363. The van der Waals surface area contributed by atoms with Gasteiger partial charge in [0.25, 0.3) is 0 Å². The maximum absolute atomic E-state index is 10.9. The topological polar surface area (TPSA) is 26.3 Å². The standard InChI is InChI=1S/C10H14O2/c1-5-6-12-10(11)7-9(4)8(2)3/h1,7-8H,6H2,2-4H3/b9-7+. The number of allylic oxidation sites excluding steroid dienone is 1.